The Morgan fingerprint density at radius 3 is 2.73 bits per heavy atom. The number of benzene rings is 1. The summed E-state index contributed by atoms with van der Waals surface area (Å²) in [4.78, 5) is 0. The Morgan fingerprint density at radius 1 is 1.27 bits per heavy atom. The van der Waals surface area contributed by atoms with E-state index in [2.05, 4.69) is 6.07 Å². The van der Waals surface area contributed by atoms with E-state index in [1.54, 1.807) is 14.2 Å². The van der Waals surface area contributed by atoms with Crippen molar-refractivity contribution in [1.29, 1.82) is 0 Å². The minimum Gasteiger partial charge on any atom is -0.493 e. The van der Waals surface area contributed by atoms with Crippen molar-refractivity contribution in [3.8, 4) is 11.5 Å². The number of hydrogen-bond acceptors (Lipinski definition) is 3. The maximum Gasteiger partial charge on any atom is 0.164 e. The maximum atomic E-state index is 5.97. The highest BCUT2D eigenvalue weighted by atomic mass is 16.5. The highest BCUT2D eigenvalue weighted by Gasteiger charge is 2.21. The summed E-state index contributed by atoms with van der Waals surface area (Å²) in [5, 5.41) is 0. The zero-order valence-corrected chi connectivity index (χ0v) is 9.25. The average molecular weight is 207 g/mol. The first-order valence-electron chi connectivity index (χ1n) is 5.24. The summed E-state index contributed by atoms with van der Waals surface area (Å²) in [5.74, 6) is 1.65. The Labute approximate surface area is 90.2 Å². The van der Waals surface area contributed by atoms with E-state index < -0.39 is 0 Å². The van der Waals surface area contributed by atoms with Gasteiger partial charge >= 0.3 is 0 Å². The van der Waals surface area contributed by atoms with Crippen molar-refractivity contribution in [3.05, 3.63) is 23.3 Å². The first-order valence-corrected chi connectivity index (χ1v) is 5.24. The molecule has 1 unspecified atom stereocenters. The van der Waals surface area contributed by atoms with Gasteiger partial charge < -0.3 is 15.2 Å². The average Bonchev–Trinajstić information content (AvgIpc) is 2.27. The van der Waals surface area contributed by atoms with Crippen LogP contribution in [0.15, 0.2) is 12.1 Å². The highest BCUT2D eigenvalue weighted by molar-refractivity contribution is 5.52. The molecule has 0 saturated carbocycles. The predicted molar refractivity (Wildman–Crippen MR) is 59.5 cm³/mol. The number of hydrogen-bond donors (Lipinski definition) is 1. The summed E-state index contributed by atoms with van der Waals surface area (Å²) >= 11 is 0. The van der Waals surface area contributed by atoms with E-state index in [-0.39, 0.29) is 6.04 Å². The second kappa shape index (κ2) is 4.11. The molecule has 3 nitrogen and oxygen atoms in total. The molecule has 0 aliphatic heterocycles. The smallest absolute Gasteiger partial charge is 0.164 e. The van der Waals surface area contributed by atoms with E-state index in [0.29, 0.717) is 0 Å². The zero-order chi connectivity index (χ0) is 10.8. The molecule has 82 valence electrons. The van der Waals surface area contributed by atoms with E-state index >= 15 is 0 Å². The third-order valence-corrected chi connectivity index (χ3v) is 3.00. The van der Waals surface area contributed by atoms with Crippen molar-refractivity contribution in [2.24, 2.45) is 5.73 Å². The molecule has 1 atom stereocenters. The maximum absolute atomic E-state index is 5.97. The van der Waals surface area contributed by atoms with Crippen LogP contribution in [-0.2, 0) is 12.8 Å². The van der Waals surface area contributed by atoms with Crippen molar-refractivity contribution < 1.29 is 9.47 Å². The number of nitrogens with two attached hydrogens (primary N) is 1. The molecule has 0 fully saturated rings. The fourth-order valence-corrected chi connectivity index (χ4v) is 2.19. The molecule has 0 amide bonds. The van der Waals surface area contributed by atoms with E-state index in [9.17, 15) is 0 Å². The van der Waals surface area contributed by atoms with Gasteiger partial charge in [0.25, 0.3) is 0 Å². The molecule has 15 heavy (non-hydrogen) atoms. The van der Waals surface area contributed by atoms with E-state index in [4.69, 9.17) is 15.2 Å². The van der Waals surface area contributed by atoms with Gasteiger partial charge in [-0.15, -0.1) is 0 Å². The number of rotatable bonds is 2. The van der Waals surface area contributed by atoms with Gasteiger partial charge in [0.1, 0.15) is 0 Å². The first-order chi connectivity index (χ1) is 7.26. The van der Waals surface area contributed by atoms with E-state index in [1.165, 1.54) is 11.1 Å². The largest absolute Gasteiger partial charge is 0.493 e. The van der Waals surface area contributed by atoms with Crippen molar-refractivity contribution in [3.63, 3.8) is 0 Å². The Hall–Kier alpha value is -1.22. The molecular weight excluding hydrogens is 190 g/mol. The van der Waals surface area contributed by atoms with E-state index in [0.717, 1.165) is 30.8 Å². The Kier molecular flexibility index (Phi) is 2.82. The molecule has 0 spiro atoms. The van der Waals surface area contributed by atoms with Crippen LogP contribution in [0.2, 0.25) is 0 Å². The summed E-state index contributed by atoms with van der Waals surface area (Å²) in [5.41, 5.74) is 8.53. The third-order valence-electron chi connectivity index (χ3n) is 3.00. The lowest BCUT2D eigenvalue weighted by atomic mass is 9.88. The monoisotopic (exact) mass is 207 g/mol. The number of aryl methyl sites for hydroxylation is 1. The second-order valence-electron chi connectivity index (χ2n) is 3.94. The van der Waals surface area contributed by atoms with Crippen molar-refractivity contribution in [2.45, 2.75) is 25.3 Å². The van der Waals surface area contributed by atoms with Crippen LogP contribution >= 0.6 is 0 Å². The first kappa shape index (κ1) is 10.3. The Bertz CT molecular complexity index is 363. The fourth-order valence-electron chi connectivity index (χ4n) is 2.19. The van der Waals surface area contributed by atoms with Gasteiger partial charge in [-0.2, -0.15) is 0 Å². The van der Waals surface area contributed by atoms with Gasteiger partial charge in [0.2, 0.25) is 0 Å². The van der Waals surface area contributed by atoms with Crippen LogP contribution in [0, 0.1) is 0 Å². The van der Waals surface area contributed by atoms with Crippen molar-refractivity contribution >= 4 is 0 Å². The van der Waals surface area contributed by atoms with Gasteiger partial charge in [0.15, 0.2) is 11.5 Å². The zero-order valence-electron chi connectivity index (χ0n) is 9.25. The van der Waals surface area contributed by atoms with Crippen LogP contribution in [0.5, 0.6) is 11.5 Å². The summed E-state index contributed by atoms with van der Waals surface area (Å²) < 4.78 is 10.7. The molecule has 1 aromatic carbocycles. The van der Waals surface area contributed by atoms with Crippen LogP contribution in [0.3, 0.4) is 0 Å². The highest BCUT2D eigenvalue weighted by Crippen LogP contribution is 2.36. The molecule has 2 rings (SSSR count). The standard InChI is InChI=1S/C12H17NO2/c1-14-11-6-4-8-3-5-9(13)7-10(8)12(11)15-2/h4,6,9H,3,5,7,13H2,1-2H3. The molecule has 0 aromatic heterocycles. The van der Waals surface area contributed by atoms with Crippen molar-refractivity contribution in [1.82, 2.24) is 0 Å². The molecule has 0 heterocycles. The van der Waals surface area contributed by atoms with Crippen LogP contribution in [0.4, 0.5) is 0 Å². The van der Waals surface area contributed by atoms with Gasteiger partial charge in [-0.3, -0.25) is 0 Å². The number of ether oxygens (including phenoxy) is 2. The molecule has 1 aliphatic carbocycles. The number of methoxy groups -OCH3 is 2. The minimum absolute atomic E-state index is 0.249. The lowest BCUT2D eigenvalue weighted by Crippen LogP contribution is -2.28. The molecule has 1 aliphatic rings. The molecule has 0 saturated heterocycles. The minimum atomic E-state index is 0.249. The SMILES string of the molecule is COc1ccc2c(c1OC)CC(N)CC2. The van der Waals surface area contributed by atoms with Gasteiger partial charge in [0.05, 0.1) is 14.2 Å². The molecule has 3 heteroatoms. The van der Waals surface area contributed by atoms with Crippen LogP contribution in [-0.4, -0.2) is 20.3 Å². The van der Waals surface area contributed by atoms with Gasteiger partial charge in [-0.1, -0.05) is 6.07 Å². The van der Waals surface area contributed by atoms with Gasteiger partial charge in [0, 0.05) is 11.6 Å². The van der Waals surface area contributed by atoms with Gasteiger partial charge in [-0.05, 0) is 30.9 Å². The quantitative estimate of drug-likeness (QED) is 0.799. The lowest BCUT2D eigenvalue weighted by molar-refractivity contribution is 0.348. The molecule has 0 bridgehead atoms. The van der Waals surface area contributed by atoms with Crippen molar-refractivity contribution in [2.75, 3.05) is 14.2 Å². The van der Waals surface area contributed by atoms with Crippen LogP contribution in [0.1, 0.15) is 17.5 Å². The fraction of sp³-hybridized carbons (Fsp3) is 0.500. The van der Waals surface area contributed by atoms with E-state index in [1.807, 2.05) is 6.07 Å². The summed E-state index contributed by atoms with van der Waals surface area (Å²) in [6.07, 6.45) is 2.98. The molecule has 1 aromatic rings. The summed E-state index contributed by atoms with van der Waals surface area (Å²) in [7, 11) is 3.34. The topological polar surface area (TPSA) is 44.5 Å². The number of fused-ring (bicyclic) bond motifs is 1. The Balaban J connectivity index is 2.48. The summed E-state index contributed by atoms with van der Waals surface area (Å²) in [6, 6.07) is 4.33. The Morgan fingerprint density at radius 2 is 2.07 bits per heavy atom. The second-order valence-corrected chi connectivity index (χ2v) is 3.94. The van der Waals surface area contributed by atoms with Gasteiger partial charge in [-0.25, -0.2) is 0 Å². The third kappa shape index (κ3) is 1.79. The predicted octanol–water partition coefficient (Wildman–Crippen LogP) is 1.52. The molecular formula is C12H17NO2. The lowest BCUT2D eigenvalue weighted by Gasteiger charge is -2.24. The molecule has 2 N–H and O–H groups in total. The molecule has 0 radical (unpaired) electrons. The normalized spacial score (nSPS) is 19.5. The summed E-state index contributed by atoms with van der Waals surface area (Å²) in [6.45, 7) is 0. The van der Waals surface area contributed by atoms with Crippen LogP contribution in [0.25, 0.3) is 0 Å². The van der Waals surface area contributed by atoms with Crippen LogP contribution < -0.4 is 15.2 Å².